The molecule has 8 nitrogen and oxygen atoms in total. The van der Waals surface area contributed by atoms with Gasteiger partial charge in [-0.1, -0.05) is 11.2 Å². The molecule has 0 aliphatic heterocycles. The van der Waals surface area contributed by atoms with Gasteiger partial charge in [0.15, 0.2) is 17.1 Å². The van der Waals surface area contributed by atoms with Gasteiger partial charge in [0.05, 0.1) is 20.8 Å². The SMILES string of the molecule is COc1ccc(-c2noc(C(C)(O)Cn3c(C)cccc3=O)n2)cc1OC. The van der Waals surface area contributed by atoms with Crippen molar-refractivity contribution in [3.63, 3.8) is 0 Å². The van der Waals surface area contributed by atoms with Gasteiger partial charge in [-0.3, -0.25) is 4.79 Å². The summed E-state index contributed by atoms with van der Waals surface area (Å²) in [5.41, 5.74) is -0.360. The zero-order chi connectivity index (χ0) is 19.6. The molecule has 0 saturated heterocycles. The molecular formula is C19H21N3O5. The Balaban J connectivity index is 1.91. The van der Waals surface area contributed by atoms with Gasteiger partial charge in [-0.05, 0) is 38.1 Å². The van der Waals surface area contributed by atoms with Crippen LogP contribution in [-0.4, -0.2) is 34.0 Å². The van der Waals surface area contributed by atoms with Crippen LogP contribution >= 0.6 is 0 Å². The van der Waals surface area contributed by atoms with Crippen molar-refractivity contribution in [2.75, 3.05) is 14.2 Å². The highest BCUT2D eigenvalue weighted by Gasteiger charge is 2.32. The predicted molar refractivity (Wildman–Crippen MR) is 97.8 cm³/mol. The zero-order valence-corrected chi connectivity index (χ0v) is 15.6. The minimum absolute atomic E-state index is 0.00786. The molecule has 1 N–H and O–H groups in total. The summed E-state index contributed by atoms with van der Waals surface area (Å²) in [7, 11) is 3.09. The number of rotatable bonds is 6. The van der Waals surface area contributed by atoms with Gasteiger partial charge < -0.3 is 23.7 Å². The normalized spacial score (nSPS) is 13.2. The average molecular weight is 371 g/mol. The van der Waals surface area contributed by atoms with Crippen molar-refractivity contribution in [3.8, 4) is 22.9 Å². The summed E-state index contributed by atoms with van der Waals surface area (Å²) in [6.07, 6.45) is 0. The Hall–Kier alpha value is -3.13. The van der Waals surface area contributed by atoms with Gasteiger partial charge in [-0.15, -0.1) is 0 Å². The Morgan fingerprint density at radius 2 is 1.93 bits per heavy atom. The number of hydrogen-bond donors (Lipinski definition) is 1. The molecular weight excluding hydrogens is 350 g/mol. The lowest BCUT2D eigenvalue weighted by molar-refractivity contribution is 0.00479. The van der Waals surface area contributed by atoms with E-state index in [0.29, 0.717) is 22.9 Å². The fraction of sp³-hybridized carbons (Fsp3) is 0.316. The predicted octanol–water partition coefficient (Wildman–Crippen LogP) is 2.13. The van der Waals surface area contributed by atoms with E-state index >= 15 is 0 Å². The largest absolute Gasteiger partial charge is 0.493 e. The maximum absolute atomic E-state index is 12.1. The van der Waals surface area contributed by atoms with Crippen molar-refractivity contribution < 1.29 is 19.1 Å². The zero-order valence-electron chi connectivity index (χ0n) is 15.6. The number of aromatic nitrogens is 3. The molecule has 27 heavy (non-hydrogen) atoms. The van der Waals surface area contributed by atoms with Crippen molar-refractivity contribution in [3.05, 3.63) is 58.3 Å². The van der Waals surface area contributed by atoms with Crippen molar-refractivity contribution in [1.82, 2.24) is 14.7 Å². The molecule has 3 aromatic rings. The van der Waals surface area contributed by atoms with Crippen LogP contribution in [0.3, 0.4) is 0 Å². The van der Waals surface area contributed by atoms with E-state index in [4.69, 9.17) is 14.0 Å². The van der Waals surface area contributed by atoms with Crippen LogP contribution in [-0.2, 0) is 12.1 Å². The molecule has 0 saturated carbocycles. The number of pyridine rings is 1. The molecule has 0 aliphatic carbocycles. The number of nitrogens with zero attached hydrogens (tertiary/aromatic N) is 3. The number of aryl methyl sites for hydroxylation is 1. The van der Waals surface area contributed by atoms with E-state index in [0.717, 1.165) is 5.69 Å². The first-order valence-corrected chi connectivity index (χ1v) is 8.31. The smallest absolute Gasteiger partial charge is 0.260 e. The second-order valence-corrected chi connectivity index (χ2v) is 6.36. The van der Waals surface area contributed by atoms with E-state index in [1.807, 2.05) is 0 Å². The molecule has 2 heterocycles. The molecule has 1 aromatic carbocycles. The van der Waals surface area contributed by atoms with E-state index < -0.39 is 5.60 Å². The maximum Gasteiger partial charge on any atom is 0.260 e. The summed E-state index contributed by atoms with van der Waals surface area (Å²) in [6.45, 7) is 3.31. The lowest BCUT2D eigenvalue weighted by atomic mass is 10.1. The molecule has 0 fully saturated rings. The molecule has 1 unspecified atom stereocenters. The molecule has 0 aliphatic rings. The molecule has 3 rings (SSSR count). The summed E-state index contributed by atoms with van der Waals surface area (Å²) in [5.74, 6) is 1.42. The van der Waals surface area contributed by atoms with Crippen molar-refractivity contribution in [2.45, 2.75) is 26.0 Å². The number of hydrogen-bond acceptors (Lipinski definition) is 7. The van der Waals surface area contributed by atoms with E-state index in [1.54, 1.807) is 44.4 Å². The average Bonchev–Trinajstić information content (AvgIpc) is 3.15. The van der Waals surface area contributed by atoms with Gasteiger partial charge in [-0.2, -0.15) is 4.98 Å². The lowest BCUT2D eigenvalue weighted by Crippen LogP contribution is -2.34. The van der Waals surface area contributed by atoms with E-state index in [9.17, 15) is 9.90 Å². The van der Waals surface area contributed by atoms with E-state index in [2.05, 4.69) is 10.1 Å². The third-order valence-electron chi connectivity index (χ3n) is 4.26. The van der Waals surface area contributed by atoms with E-state index in [1.165, 1.54) is 24.7 Å². The molecule has 0 amide bonds. The number of benzene rings is 1. The Morgan fingerprint density at radius 1 is 1.19 bits per heavy atom. The second kappa shape index (κ2) is 7.24. The van der Waals surface area contributed by atoms with Crippen molar-refractivity contribution in [1.29, 1.82) is 0 Å². The van der Waals surface area contributed by atoms with Gasteiger partial charge in [0.25, 0.3) is 11.4 Å². The van der Waals surface area contributed by atoms with Crippen molar-refractivity contribution >= 4 is 0 Å². The first-order valence-electron chi connectivity index (χ1n) is 8.31. The van der Waals surface area contributed by atoms with Crippen LogP contribution in [0, 0.1) is 6.92 Å². The Bertz CT molecular complexity index is 1010. The fourth-order valence-corrected chi connectivity index (χ4v) is 2.74. The molecule has 8 heteroatoms. The summed E-state index contributed by atoms with van der Waals surface area (Å²) < 4.78 is 17.2. The number of methoxy groups -OCH3 is 2. The molecule has 2 aromatic heterocycles. The summed E-state index contributed by atoms with van der Waals surface area (Å²) >= 11 is 0. The highest BCUT2D eigenvalue weighted by atomic mass is 16.5. The molecule has 142 valence electrons. The van der Waals surface area contributed by atoms with Gasteiger partial charge in [-0.25, -0.2) is 0 Å². The Labute approximate surface area is 156 Å². The monoisotopic (exact) mass is 371 g/mol. The highest BCUT2D eigenvalue weighted by Crippen LogP contribution is 2.32. The van der Waals surface area contributed by atoms with Crippen LogP contribution in [0.1, 0.15) is 18.5 Å². The third-order valence-corrected chi connectivity index (χ3v) is 4.26. The van der Waals surface area contributed by atoms with Gasteiger partial charge in [0, 0.05) is 17.3 Å². The highest BCUT2D eigenvalue weighted by molar-refractivity contribution is 5.60. The third kappa shape index (κ3) is 3.70. The lowest BCUT2D eigenvalue weighted by Gasteiger charge is -2.21. The van der Waals surface area contributed by atoms with Crippen LogP contribution in [0.5, 0.6) is 11.5 Å². The van der Waals surface area contributed by atoms with Gasteiger partial charge in [0.1, 0.15) is 0 Å². The van der Waals surface area contributed by atoms with Crippen molar-refractivity contribution in [2.24, 2.45) is 0 Å². The molecule has 0 bridgehead atoms. The molecule has 1 atom stereocenters. The summed E-state index contributed by atoms with van der Waals surface area (Å²) in [4.78, 5) is 16.4. The van der Waals surface area contributed by atoms with Crippen LogP contribution in [0.25, 0.3) is 11.4 Å². The van der Waals surface area contributed by atoms with Crippen LogP contribution in [0.4, 0.5) is 0 Å². The maximum atomic E-state index is 12.1. The van der Waals surface area contributed by atoms with Crippen LogP contribution in [0.2, 0.25) is 0 Å². The summed E-state index contributed by atoms with van der Waals surface area (Å²) in [6, 6.07) is 10.1. The van der Waals surface area contributed by atoms with Crippen LogP contribution in [0.15, 0.2) is 45.7 Å². The minimum Gasteiger partial charge on any atom is -0.493 e. The topological polar surface area (TPSA) is 99.6 Å². The van der Waals surface area contributed by atoms with Gasteiger partial charge in [0.2, 0.25) is 5.82 Å². The quantitative estimate of drug-likeness (QED) is 0.708. The first-order chi connectivity index (χ1) is 12.9. The molecule has 0 spiro atoms. The minimum atomic E-state index is -1.52. The molecule has 0 radical (unpaired) electrons. The first kappa shape index (κ1) is 18.7. The Morgan fingerprint density at radius 3 is 2.59 bits per heavy atom. The van der Waals surface area contributed by atoms with Crippen LogP contribution < -0.4 is 15.0 Å². The van der Waals surface area contributed by atoms with Gasteiger partial charge >= 0.3 is 0 Å². The second-order valence-electron chi connectivity index (χ2n) is 6.36. The number of aliphatic hydroxyl groups is 1. The Kier molecular flexibility index (Phi) is 5.00. The van der Waals surface area contributed by atoms with E-state index in [-0.39, 0.29) is 18.0 Å². The summed E-state index contributed by atoms with van der Waals surface area (Å²) in [5, 5.41) is 14.8. The fourth-order valence-electron chi connectivity index (χ4n) is 2.74. The number of ether oxygens (including phenoxy) is 2. The standard InChI is InChI=1S/C19H21N3O5/c1-12-6-5-7-16(23)22(12)11-19(2,24)18-20-17(21-27-18)13-8-9-14(25-3)15(10-13)26-4/h5-10,24H,11H2,1-4H3.